The van der Waals surface area contributed by atoms with Crippen molar-refractivity contribution < 1.29 is 17.6 Å². The Kier molecular flexibility index (Phi) is 3.99. The molecule has 0 aliphatic heterocycles. The lowest BCUT2D eigenvalue weighted by Crippen LogP contribution is -2.21. The van der Waals surface area contributed by atoms with Crippen molar-refractivity contribution in [3.05, 3.63) is 80.8 Å². The summed E-state index contributed by atoms with van der Waals surface area (Å²) in [5, 5.41) is 0.0900. The molecule has 0 saturated heterocycles. The van der Waals surface area contributed by atoms with Crippen molar-refractivity contribution in [2.24, 2.45) is 0 Å². The van der Waals surface area contributed by atoms with Gasteiger partial charge in [-0.25, -0.2) is 13.8 Å². The van der Waals surface area contributed by atoms with Crippen molar-refractivity contribution in [3.63, 3.8) is 0 Å². The first-order valence-corrected chi connectivity index (χ1v) is 7.77. The number of aryl methyl sites for hydroxylation is 2. The molecule has 3 aromatic rings. The van der Waals surface area contributed by atoms with Crippen molar-refractivity contribution in [1.82, 2.24) is 14.5 Å². The summed E-state index contributed by atoms with van der Waals surface area (Å²) in [6.07, 6.45) is 2.24. The number of aromatic nitrogens is 3. The molecule has 0 aliphatic carbocycles. The molecule has 0 unspecified atom stereocenters. The summed E-state index contributed by atoms with van der Waals surface area (Å²) in [6, 6.07) is 4.24. The van der Waals surface area contributed by atoms with Gasteiger partial charge < -0.3 is 4.74 Å². The Hall–Kier alpha value is -2.80. The fourth-order valence-electron chi connectivity index (χ4n) is 2.31. The Labute approximate surface area is 157 Å². The van der Waals surface area contributed by atoms with Crippen molar-refractivity contribution in [2.75, 3.05) is 0 Å². The Balaban J connectivity index is 2.05. The van der Waals surface area contributed by atoms with Crippen LogP contribution < -0.4 is 10.3 Å². The third kappa shape index (κ3) is 3.72. The van der Waals surface area contributed by atoms with Crippen molar-refractivity contribution >= 4 is 11.6 Å². The first kappa shape index (κ1) is 14.4. The fraction of sp³-hybridized carbons (Fsp3) is 0.167. The quantitative estimate of drug-likeness (QED) is 0.647. The summed E-state index contributed by atoms with van der Waals surface area (Å²) in [5.41, 5.74) is -0.403. The molecule has 0 N–H and O–H groups in total. The van der Waals surface area contributed by atoms with Gasteiger partial charge in [0.15, 0.2) is 5.82 Å². The summed E-state index contributed by atoms with van der Waals surface area (Å²) in [4.78, 5) is 20.2. The van der Waals surface area contributed by atoms with Crippen LogP contribution in [0.4, 0.5) is 8.78 Å². The zero-order valence-corrected chi connectivity index (χ0v) is 14.2. The van der Waals surface area contributed by atoms with Crippen LogP contribution in [0, 0.1) is 25.4 Å². The molecule has 0 fully saturated rings. The SMILES string of the molecule is [2H]C([2H])([2H])c1cc(OCc2ncc(F)cc2F)cc(=O)n1-c1cc(Cl)ncc1C. The van der Waals surface area contributed by atoms with Gasteiger partial charge in [-0.15, -0.1) is 0 Å². The van der Waals surface area contributed by atoms with E-state index >= 15 is 0 Å². The first-order chi connectivity index (χ1) is 13.6. The first-order valence-electron chi connectivity index (χ1n) is 8.89. The van der Waals surface area contributed by atoms with Crippen LogP contribution >= 0.6 is 11.6 Å². The fourth-order valence-corrected chi connectivity index (χ4v) is 2.46. The molecule has 0 aliphatic rings. The maximum atomic E-state index is 13.7. The smallest absolute Gasteiger partial charge is 0.259 e. The summed E-state index contributed by atoms with van der Waals surface area (Å²) < 4.78 is 56.4. The van der Waals surface area contributed by atoms with Crippen molar-refractivity contribution in [2.45, 2.75) is 20.4 Å². The van der Waals surface area contributed by atoms with Gasteiger partial charge in [-0.05, 0) is 25.4 Å². The van der Waals surface area contributed by atoms with Crippen molar-refractivity contribution in [3.8, 4) is 11.4 Å². The molecule has 0 bridgehead atoms. The predicted molar refractivity (Wildman–Crippen MR) is 92.8 cm³/mol. The van der Waals surface area contributed by atoms with Crippen LogP contribution in [-0.2, 0) is 6.61 Å². The van der Waals surface area contributed by atoms with Crippen LogP contribution in [0.3, 0.4) is 0 Å². The van der Waals surface area contributed by atoms with E-state index in [1.54, 1.807) is 6.92 Å². The molecule has 134 valence electrons. The van der Waals surface area contributed by atoms with Crippen LogP contribution in [-0.4, -0.2) is 14.5 Å². The predicted octanol–water partition coefficient (Wildman–Crippen LogP) is 3.75. The maximum Gasteiger partial charge on any atom is 0.259 e. The number of pyridine rings is 3. The van der Waals surface area contributed by atoms with Crippen LogP contribution in [0.15, 0.2) is 41.5 Å². The van der Waals surface area contributed by atoms with Gasteiger partial charge in [0, 0.05) is 34.2 Å². The molecule has 0 aromatic carbocycles. The van der Waals surface area contributed by atoms with Gasteiger partial charge in [0.25, 0.3) is 5.56 Å². The van der Waals surface area contributed by atoms with E-state index in [0.29, 0.717) is 11.6 Å². The van der Waals surface area contributed by atoms with Gasteiger partial charge in [-0.3, -0.25) is 14.3 Å². The number of rotatable bonds is 4. The number of nitrogens with zero attached hydrogens (tertiary/aromatic N) is 3. The van der Waals surface area contributed by atoms with Gasteiger partial charge in [0.05, 0.1) is 11.9 Å². The average Bonchev–Trinajstić information content (AvgIpc) is 2.62. The van der Waals surface area contributed by atoms with Crippen LogP contribution in [0.2, 0.25) is 5.15 Å². The molecule has 0 saturated carbocycles. The van der Waals surface area contributed by atoms with E-state index in [0.717, 1.165) is 22.9 Å². The molecule has 3 heterocycles. The molecular formula is C18H14ClF2N3O2. The van der Waals surface area contributed by atoms with Gasteiger partial charge in [-0.1, -0.05) is 11.6 Å². The minimum atomic E-state index is -2.67. The summed E-state index contributed by atoms with van der Waals surface area (Å²) in [5.74, 6) is -1.86. The molecule has 0 radical (unpaired) electrons. The maximum absolute atomic E-state index is 13.7. The molecule has 0 spiro atoms. The second-order valence-electron chi connectivity index (χ2n) is 5.41. The third-order valence-electron chi connectivity index (χ3n) is 3.55. The Morgan fingerprint density at radius 2 is 2.04 bits per heavy atom. The molecule has 3 aromatic heterocycles. The van der Waals surface area contributed by atoms with Gasteiger partial charge in [0.2, 0.25) is 0 Å². The lowest BCUT2D eigenvalue weighted by atomic mass is 10.2. The second kappa shape index (κ2) is 7.21. The highest BCUT2D eigenvalue weighted by Crippen LogP contribution is 2.20. The lowest BCUT2D eigenvalue weighted by molar-refractivity contribution is 0.292. The zero-order valence-electron chi connectivity index (χ0n) is 16.5. The molecule has 0 amide bonds. The minimum Gasteiger partial charge on any atom is -0.487 e. The normalized spacial score (nSPS) is 13.0. The largest absolute Gasteiger partial charge is 0.487 e. The van der Waals surface area contributed by atoms with E-state index in [2.05, 4.69) is 9.97 Å². The monoisotopic (exact) mass is 380 g/mol. The van der Waals surface area contributed by atoms with E-state index in [9.17, 15) is 13.6 Å². The molecule has 3 rings (SSSR count). The van der Waals surface area contributed by atoms with Crippen LogP contribution in [0.5, 0.6) is 5.75 Å². The Bertz CT molecular complexity index is 1140. The number of halogens is 3. The highest BCUT2D eigenvalue weighted by molar-refractivity contribution is 6.29. The van der Waals surface area contributed by atoms with Crippen molar-refractivity contribution in [1.29, 1.82) is 0 Å². The summed E-state index contributed by atoms with van der Waals surface area (Å²) in [7, 11) is 0. The summed E-state index contributed by atoms with van der Waals surface area (Å²) in [6.45, 7) is -1.43. The van der Waals surface area contributed by atoms with E-state index in [-0.39, 0.29) is 28.0 Å². The molecular weight excluding hydrogens is 364 g/mol. The molecule has 8 heteroatoms. The van der Waals surface area contributed by atoms with E-state index in [1.807, 2.05) is 0 Å². The number of hydrogen-bond donors (Lipinski definition) is 0. The number of ether oxygens (including phenoxy) is 1. The lowest BCUT2D eigenvalue weighted by Gasteiger charge is -2.14. The van der Waals surface area contributed by atoms with Crippen LogP contribution in [0.1, 0.15) is 21.1 Å². The second-order valence-corrected chi connectivity index (χ2v) is 5.80. The zero-order chi connectivity index (χ0) is 21.3. The van der Waals surface area contributed by atoms with E-state index in [4.69, 9.17) is 20.5 Å². The molecule has 26 heavy (non-hydrogen) atoms. The van der Waals surface area contributed by atoms with E-state index < -0.39 is 30.7 Å². The Morgan fingerprint density at radius 1 is 1.23 bits per heavy atom. The standard InChI is InChI=1S/C18H14ClF2N3O2/c1-10-7-23-17(19)6-16(10)24-11(2)3-13(5-18(24)25)26-9-15-14(21)4-12(20)8-22-15/h3-8H,9H2,1-2H3/i2D3. The number of hydrogen-bond acceptors (Lipinski definition) is 4. The molecule has 5 nitrogen and oxygen atoms in total. The highest BCUT2D eigenvalue weighted by atomic mass is 35.5. The summed E-state index contributed by atoms with van der Waals surface area (Å²) >= 11 is 5.90. The minimum absolute atomic E-state index is 0.0900. The van der Waals surface area contributed by atoms with Gasteiger partial charge in [0.1, 0.15) is 29.0 Å². The van der Waals surface area contributed by atoms with Gasteiger partial charge in [-0.2, -0.15) is 0 Å². The van der Waals surface area contributed by atoms with Crippen LogP contribution in [0.25, 0.3) is 5.69 Å². The van der Waals surface area contributed by atoms with E-state index in [1.165, 1.54) is 12.3 Å². The molecule has 0 atom stereocenters. The third-order valence-corrected chi connectivity index (χ3v) is 3.75. The van der Waals surface area contributed by atoms with Gasteiger partial charge >= 0.3 is 0 Å². The average molecular weight is 381 g/mol. The Morgan fingerprint density at radius 3 is 2.77 bits per heavy atom. The topological polar surface area (TPSA) is 57.0 Å². The highest BCUT2D eigenvalue weighted by Gasteiger charge is 2.12.